The van der Waals surface area contributed by atoms with Crippen LogP contribution in [0, 0.1) is 0 Å². The summed E-state index contributed by atoms with van der Waals surface area (Å²) < 4.78 is 5.46. The Morgan fingerprint density at radius 1 is 1.21 bits per heavy atom. The van der Waals surface area contributed by atoms with Crippen molar-refractivity contribution in [3.8, 4) is 0 Å². The van der Waals surface area contributed by atoms with Crippen molar-refractivity contribution in [2.45, 2.75) is 31.7 Å². The molecule has 3 rings (SSSR count). The van der Waals surface area contributed by atoms with Crippen molar-refractivity contribution in [2.75, 3.05) is 24.7 Å². The van der Waals surface area contributed by atoms with Gasteiger partial charge in [0.2, 0.25) is 0 Å². The van der Waals surface area contributed by atoms with E-state index < -0.39 is 0 Å². The molecule has 4 nitrogen and oxygen atoms in total. The molecule has 2 aliphatic rings. The van der Waals surface area contributed by atoms with Crippen molar-refractivity contribution in [1.82, 2.24) is 0 Å². The van der Waals surface area contributed by atoms with Crippen LogP contribution in [0.4, 0.5) is 5.69 Å². The van der Waals surface area contributed by atoms with Gasteiger partial charge in [0.1, 0.15) is 0 Å². The number of anilines is 1. The highest BCUT2D eigenvalue weighted by atomic mass is 16.5. The van der Waals surface area contributed by atoms with Crippen molar-refractivity contribution < 1.29 is 9.94 Å². The van der Waals surface area contributed by atoms with Crippen LogP contribution in [0.25, 0.3) is 0 Å². The van der Waals surface area contributed by atoms with Gasteiger partial charge in [-0.25, -0.2) is 0 Å². The van der Waals surface area contributed by atoms with E-state index in [-0.39, 0.29) is 0 Å². The van der Waals surface area contributed by atoms with E-state index in [9.17, 15) is 5.21 Å². The monoisotopic (exact) mass is 260 g/mol. The molecule has 0 aliphatic carbocycles. The summed E-state index contributed by atoms with van der Waals surface area (Å²) in [6.45, 7) is 2.73. The standard InChI is InChI=1S/C15H20N2O2/c18-16-14-5-3-9-17(12-7-10-19-11-8-12)15-6-2-1-4-13(14)15/h1-2,4,6,12,18H,3,5,7-11H2/b16-14-. The molecule has 1 N–H and O–H groups in total. The smallest absolute Gasteiger partial charge is 0.0889 e. The van der Waals surface area contributed by atoms with Gasteiger partial charge in [0.15, 0.2) is 0 Å². The van der Waals surface area contributed by atoms with Gasteiger partial charge < -0.3 is 14.8 Å². The third kappa shape index (κ3) is 2.45. The van der Waals surface area contributed by atoms with Gasteiger partial charge in [-0.15, -0.1) is 0 Å². The average Bonchev–Trinajstić information content (AvgIpc) is 2.67. The summed E-state index contributed by atoms with van der Waals surface area (Å²) in [6.07, 6.45) is 4.04. The first-order chi connectivity index (χ1) is 9.40. The Morgan fingerprint density at radius 3 is 2.79 bits per heavy atom. The summed E-state index contributed by atoms with van der Waals surface area (Å²) in [6, 6.07) is 8.82. The van der Waals surface area contributed by atoms with Gasteiger partial charge in [-0.1, -0.05) is 23.4 Å². The predicted molar refractivity (Wildman–Crippen MR) is 75.2 cm³/mol. The van der Waals surface area contributed by atoms with E-state index in [1.165, 1.54) is 5.69 Å². The number of nitrogens with zero attached hydrogens (tertiary/aromatic N) is 2. The van der Waals surface area contributed by atoms with Gasteiger partial charge in [0.25, 0.3) is 0 Å². The van der Waals surface area contributed by atoms with Gasteiger partial charge in [-0.3, -0.25) is 0 Å². The lowest BCUT2D eigenvalue weighted by Crippen LogP contribution is -2.40. The zero-order valence-electron chi connectivity index (χ0n) is 11.1. The van der Waals surface area contributed by atoms with Crippen LogP contribution in [0.5, 0.6) is 0 Å². The molecule has 1 aromatic carbocycles. The second-order valence-corrected chi connectivity index (χ2v) is 5.20. The van der Waals surface area contributed by atoms with Crippen LogP contribution in [-0.2, 0) is 4.74 Å². The summed E-state index contributed by atoms with van der Waals surface area (Å²) in [4.78, 5) is 2.48. The second kappa shape index (κ2) is 5.61. The summed E-state index contributed by atoms with van der Waals surface area (Å²) in [7, 11) is 0. The maximum Gasteiger partial charge on any atom is 0.0889 e. The first-order valence-corrected chi connectivity index (χ1v) is 7.05. The van der Waals surface area contributed by atoms with Crippen LogP contribution in [0.1, 0.15) is 31.2 Å². The Bertz CT molecular complexity index is 467. The van der Waals surface area contributed by atoms with E-state index in [2.05, 4.69) is 28.3 Å². The molecule has 0 unspecified atom stereocenters. The first kappa shape index (κ1) is 12.5. The fraction of sp³-hybridized carbons (Fsp3) is 0.533. The van der Waals surface area contributed by atoms with Crippen LogP contribution in [-0.4, -0.2) is 36.7 Å². The second-order valence-electron chi connectivity index (χ2n) is 5.20. The van der Waals surface area contributed by atoms with Crippen molar-refractivity contribution >= 4 is 11.4 Å². The molecule has 0 radical (unpaired) electrons. The molecule has 1 saturated heterocycles. The van der Waals surface area contributed by atoms with Crippen LogP contribution >= 0.6 is 0 Å². The lowest BCUT2D eigenvalue weighted by molar-refractivity contribution is 0.0844. The topological polar surface area (TPSA) is 45.1 Å². The van der Waals surface area contributed by atoms with Crippen LogP contribution in [0.15, 0.2) is 29.4 Å². The molecule has 19 heavy (non-hydrogen) atoms. The van der Waals surface area contributed by atoms with E-state index in [0.29, 0.717) is 6.04 Å². The molecule has 1 fully saturated rings. The number of oxime groups is 1. The normalized spacial score (nSPS) is 23.2. The van der Waals surface area contributed by atoms with E-state index in [0.717, 1.165) is 56.7 Å². The highest BCUT2D eigenvalue weighted by Crippen LogP contribution is 2.30. The number of hydrogen-bond donors (Lipinski definition) is 1. The van der Waals surface area contributed by atoms with Crippen LogP contribution in [0.3, 0.4) is 0 Å². The summed E-state index contributed by atoms with van der Waals surface area (Å²) >= 11 is 0. The number of hydrogen-bond acceptors (Lipinski definition) is 4. The summed E-state index contributed by atoms with van der Waals surface area (Å²) in [5, 5.41) is 12.7. The van der Waals surface area contributed by atoms with Crippen LogP contribution in [0.2, 0.25) is 0 Å². The zero-order valence-corrected chi connectivity index (χ0v) is 11.1. The third-order valence-corrected chi connectivity index (χ3v) is 4.09. The molecular formula is C15H20N2O2. The summed E-state index contributed by atoms with van der Waals surface area (Å²) in [5.41, 5.74) is 3.10. The number of para-hydroxylation sites is 1. The number of fused-ring (bicyclic) bond motifs is 1. The lowest BCUT2D eigenvalue weighted by atomic mass is 10.0. The maximum atomic E-state index is 9.21. The molecule has 0 spiro atoms. The van der Waals surface area contributed by atoms with Gasteiger partial charge in [-0.05, 0) is 31.7 Å². The van der Waals surface area contributed by atoms with Crippen molar-refractivity contribution in [3.63, 3.8) is 0 Å². The largest absolute Gasteiger partial charge is 0.411 e. The molecule has 0 bridgehead atoms. The van der Waals surface area contributed by atoms with E-state index in [1.54, 1.807) is 0 Å². The average molecular weight is 260 g/mol. The van der Waals surface area contributed by atoms with E-state index in [1.807, 2.05) is 6.07 Å². The quantitative estimate of drug-likeness (QED) is 0.623. The Balaban J connectivity index is 1.96. The molecule has 1 aromatic rings. The fourth-order valence-corrected chi connectivity index (χ4v) is 3.12. The van der Waals surface area contributed by atoms with Crippen molar-refractivity contribution in [2.24, 2.45) is 5.16 Å². The van der Waals surface area contributed by atoms with Crippen molar-refractivity contribution in [1.29, 1.82) is 0 Å². The first-order valence-electron chi connectivity index (χ1n) is 7.05. The number of ether oxygens (including phenoxy) is 1. The molecule has 2 aliphatic heterocycles. The minimum atomic E-state index is 0.549. The molecule has 0 saturated carbocycles. The SMILES string of the molecule is O/N=C1/CCCN(C2CCOCC2)c2ccccc21. The highest BCUT2D eigenvalue weighted by molar-refractivity contribution is 6.05. The van der Waals surface area contributed by atoms with Gasteiger partial charge in [-0.2, -0.15) is 0 Å². The molecule has 2 heterocycles. The van der Waals surface area contributed by atoms with E-state index in [4.69, 9.17) is 4.74 Å². The van der Waals surface area contributed by atoms with Gasteiger partial charge in [0.05, 0.1) is 5.71 Å². The number of rotatable bonds is 1. The fourth-order valence-electron chi connectivity index (χ4n) is 3.12. The third-order valence-electron chi connectivity index (χ3n) is 4.09. The molecule has 0 amide bonds. The van der Waals surface area contributed by atoms with Gasteiger partial charge in [0, 0.05) is 37.1 Å². The highest BCUT2D eigenvalue weighted by Gasteiger charge is 2.26. The Labute approximate surface area is 113 Å². The molecule has 0 aromatic heterocycles. The minimum absolute atomic E-state index is 0.549. The number of benzene rings is 1. The maximum absolute atomic E-state index is 9.21. The molecular weight excluding hydrogens is 240 g/mol. The minimum Gasteiger partial charge on any atom is -0.411 e. The molecule has 102 valence electrons. The van der Waals surface area contributed by atoms with E-state index >= 15 is 0 Å². The van der Waals surface area contributed by atoms with Gasteiger partial charge >= 0.3 is 0 Å². The zero-order chi connectivity index (χ0) is 13.1. The molecule has 4 heteroatoms. The summed E-state index contributed by atoms with van der Waals surface area (Å²) in [5.74, 6) is 0. The Morgan fingerprint density at radius 2 is 2.00 bits per heavy atom. The van der Waals surface area contributed by atoms with Crippen molar-refractivity contribution in [3.05, 3.63) is 29.8 Å². The molecule has 0 atom stereocenters. The predicted octanol–water partition coefficient (Wildman–Crippen LogP) is 2.64. The Kier molecular flexibility index (Phi) is 3.69. The lowest BCUT2D eigenvalue weighted by Gasteiger charge is -2.36. The van der Waals surface area contributed by atoms with Crippen LogP contribution < -0.4 is 4.90 Å². The Hall–Kier alpha value is -1.55.